The molecule has 1 heteroatoms. The van der Waals surface area contributed by atoms with Crippen molar-refractivity contribution in [2.24, 2.45) is 0 Å². The van der Waals surface area contributed by atoms with E-state index in [1.807, 2.05) is 30.0 Å². The van der Waals surface area contributed by atoms with E-state index in [-0.39, 0.29) is 0 Å². The molecule has 0 spiro atoms. The van der Waals surface area contributed by atoms with Crippen molar-refractivity contribution in [3.63, 3.8) is 0 Å². The number of thioether (sulfide) groups is 1. The van der Waals surface area contributed by atoms with Crippen LogP contribution in [0.3, 0.4) is 0 Å². The highest BCUT2D eigenvalue weighted by Gasteiger charge is 2.21. The molecular formula is C44H46S. The minimum Gasteiger partial charge on any atom is -0.126 e. The summed E-state index contributed by atoms with van der Waals surface area (Å²) in [6.07, 6.45) is 13.7. The van der Waals surface area contributed by atoms with Gasteiger partial charge >= 0.3 is 0 Å². The maximum absolute atomic E-state index is 4.45. The van der Waals surface area contributed by atoms with Gasteiger partial charge in [-0.05, 0) is 98.9 Å². The first-order valence-corrected chi connectivity index (χ1v) is 16.8. The minimum atomic E-state index is 1.03. The Morgan fingerprint density at radius 1 is 0.711 bits per heavy atom. The fraction of sp³-hybridized carbons (Fsp3) is 0.182. The summed E-state index contributed by atoms with van der Waals surface area (Å²) >= 11 is 1.83. The van der Waals surface area contributed by atoms with Crippen molar-refractivity contribution in [1.82, 2.24) is 0 Å². The Balaban J connectivity index is 1.96. The van der Waals surface area contributed by atoms with Gasteiger partial charge in [-0.25, -0.2) is 0 Å². The van der Waals surface area contributed by atoms with E-state index in [1.54, 1.807) is 0 Å². The maximum atomic E-state index is 4.45. The molecular weight excluding hydrogens is 561 g/mol. The van der Waals surface area contributed by atoms with Crippen LogP contribution in [-0.2, 0) is 0 Å². The molecule has 0 atom stereocenters. The predicted octanol–water partition coefficient (Wildman–Crippen LogP) is 13.9. The Labute approximate surface area is 276 Å². The molecule has 0 heterocycles. The zero-order valence-corrected chi connectivity index (χ0v) is 28.3. The Kier molecular flexibility index (Phi) is 11.6. The van der Waals surface area contributed by atoms with Gasteiger partial charge in [0.05, 0.1) is 0 Å². The van der Waals surface area contributed by atoms with Crippen LogP contribution in [0.2, 0.25) is 0 Å². The van der Waals surface area contributed by atoms with E-state index >= 15 is 0 Å². The molecule has 0 N–H and O–H groups in total. The van der Waals surface area contributed by atoms with Crippen LogP contribution >= 0.6 is 11.8 Å². The summed E-state index contributed by atoms with van der Waals surface area (Å²) in [7, 11) is 0. The van der Waals surface area contributed by atoms with Crippen LogP contribution in [0.25, 0.3) is 61.7 Å². The van der Waals surface area contributed by atoms with Crippen LogP contribution < -0.4 is 0 Å². The molecule has 4 aromatic rings. The van der Waals surface area contributed by atoms with E-state index in [0.717, 1.165) is 78.3 Å². The van der Waals surface area contributed by atoms with Crippen LogP contribution in [-0.4, -0.2) is 5.75 Å². The van der Waals surface area contributed by atoms with Crippen LogP contribution in [0.15, 0.2) is 123 Å². The molecule has 0 aromatic heterocycles. The van der Waals surface area contributed by atoms with E-state index in [9.17, 15) is 0 Å². The molecule has 0 aliphatic rings. The van der Waals surface area contributed by atoms with Gasteiger partial charge < -0.3 is 0 Å². The molecule has 0 nitrogen and oxygen atoms in total. The zero-order chi connectivity index (χ0) is 32.5. The number of fused-ring (bicyclic) bond motifs is 1. The number of unbranched alkanes of at least 4 members (excludes halogenated alkanes) is 1. The minimum absolute atomic E-state index is 1.03. The van der Waals surface area contributed by atoms with E-state index in [2.05, 4.69) is 139 Å². The van der Waals surface area contributed by atoms with Crippen LogP contribution in [0.5, 0.6) is 0 Å². The first-order chi connectivity index (χ1) is 21.8. The molecule has 0 aliphatic heterocycles. The van der Waals surface area contributed by atoms with Crippen molar-refractivity contribution in [3.8, 4) is 22.3 Å². The molecule has 4 aromatic carbocycles. The SMILES string of the molecule is C=Cc1c(C(=C)SCCCC)cccc1-c1c(C=C)c(C=C)c(-c2ccc(/C(=C/C=C(C)CC)C(=C)C)cc2)c2ccccc12. The fourth-order valence-electron chi connectivity index (χ4n) is 5.81. The predicted molar refractivity (Wildman–Crippen MR) is 208 cm³/mol. The van der Waals surface area contributed by atoms with E-state index < -0.39 is 0 Å². The van der Waals surface area contributed by atoms with Gasteiger partial charge in [-0.3, -0.25) is 0 Å². The van der Waals surface area contributed by atoms with Crippen LogP contribution in [0.1, 0.15) is 74.8 Å². The topological polar surface area (TPSA) is 0 Å². The van der Waals surface area contributed by atoms with Gasteiger partial charge in [0, 0.05) is 4.91 Å². The third kappa shape index (κ3) is 7.16. The molecule has 45 heavy (non-hydrogen) atoms. The van der Waals surface area contributed by atoms with Crippen LogP contribution in [0, 0.1) is 0 Å². The van der Waals surface area contributed by atoms with Gasteiger partial charge in [0.1, 0.15) is 0 Å². The number of hydrogen-bond acceptors (Lipinski definition) is 1. The molecule has 0 amide bonds. The standard InChI is InChI=1S/C44H46S/c1-10-15-29-45-32(9)39-21-18-22-40(35(39)12-3)44-37(14-5)36(13-4)43(41-19-16-17-20-42(41)44)34-26-24-33(25-27-34)38(30(6)7)28-23-31(8)11-2/h12-14,16-28H,3-6,9-11,15,29H2,1-2,7-8H3/b31-23?,38-28+. The van der Waals surface area contributed by atoms with Gasteiger partial charge in [-0.1, -0.05) is 161 Å². The smallest absolute Gasteiger partial charge is 0.00787 e. The Hall–Kier alpha value is -4.33. The lowest BCUT2D eigenvalue weighted by Gasteiger charge is -2.22. The third-order valence-corrected chi connectivity index (χ3v) is 9.45. The Morgan fingerprint density at radius 2 is 1.33 bits per heavy atom. The van der Waals surface area contributed by atoms with Crippen molar-refractivity contribution >= 4 is 51.2 Å². The summed E-state index contributed by atoms with van der Waals surface area (Å²) in [6.45, 7) is 30.2. The average molecular weight is 607 g/mol. The van der Waals surface area contributed by atoms with Crippen molar-refractivity contribution in [2.75, 3.05) is 5.75 Å². The number of hydrogen-bond donors (Lipinski definition) is 0. The van der Waals surface area contributed by atoms with Crippen molar-refractivity contribution in [3.05, 3.63) is 151 Å². The summed E-state index contributed by atoms with van der Waals surface area (Å²) in [6, 6.07) is 24.0. The monoisotopic (exact) mass is 606 g/mol. The molecule has 0 aliphatic carbocycles. The quantitative estimate of drug-likeness (QED) is 0.102. The highest BCUT2D eigenvalue weighted by atomic mass is 32.2. The third-order valence-electron chi connectivity index (χ3n) is 8.39. The van der Waals surface area contributed by atoms with Crippen LogP contribution in [0.4, 0.5) is 0 Å². The fourth-order valence-corrected chi connectivity index (χ4v) is 6.83. The molecule has 0 bridgehead atoms. The number of rotatable bonds is 14. The van der Waals surface area contributed by atoms with Gasteiger partial charge in [-0.2, -0.15) is 0 Å². The first-order valence-electron chi connectivity index (χ1n) is 15.9. The normalized spacial score (nSPS) is 11.8. The highest BCUT2D eigenvalue weighted by Crippen LogP contribution is 2.46. The summed E-state index contributed by atoms with van der Waals surface area (Å²) in [5.41, 5.74) is 13.6. The summed E-state index contributed by atoms with van der Waals surface area (Å²) in [5, 5.41) is 2.35. The van der Waals surface area contributed by atoms with Crippen molar-refractivity contribution in [1.29, 1.82) is 0 Å². The number of benzene rings is 4. The van der Waals surface area contributed by atoms with E-state index in [1.165, 1.54) is 29.2 Å². The zero-order valence-electron chi connectivity index (χ0n) is 27.5. The average Bonchev–Trinajstić information content (AvgIpc) is 3.06. The molecule has 0 unspecified atom stereocenters. The second kappa shape index (κ2) is 15.6. The van der Waals surface area contributed by atoms with Gasteiger partial charge in [0.2, 0.25) is 0 Å². The maximum Gasteiger partial charge on any atom is 0.00787 e. The summed E-state index contributed by atoms with van der Waals surface area (Å²) in [4.78, 5) is 1.08. The van der Waals surface area contributed by atoms with Gasteiger partial charge in [0.25, 0.3) is 0 Å². The molecule has 0 saturated carbocycles. The Bertz CT molecular complexity index is 1820. The summed E-state index contributed by atoms with van der Waals surface area (Å²) in [5.74, 6) is 1.06. The van der Waals surface area contributed by atoms with E-state index in [4.69, 9.17) is 0 Å². The van der Waals surface area contributed by atoms with Gasteiger partial charge in [0.15, 0.2) is 0 Å². The second-order valence-corrected chi connectivity index (χ2v) is 12.6. The number of allylic oxidation sites excluding steroid dienone is 5. The van der Waals surface area contributed by atoms with Crippen molar-refractivity contribution in [2.45, 2.75) is 47.0 Å². The van der Waals surface area contributed by atoms with Gasteiger partial charge in [-0.15, -0.1) is 11.8 Å². The largest absolute Gasteiger partial charge is 0.126 e. The molecule has 0 saturated heterocycles. The summed E-state index contributed by atoms with van der Waals surface area (Å²) < 4.78 is 0. The highest BCUT2D eigenvalue weighted by molar-refractivity contribution is 8.08. The molecule has 4 rings (SSSR count). The van der Waals surface area contributed by atoms with Crippen molar-refractivity contribution < 1.29 is 0 Å². The lowest BCUT2D eigenvalue weighted by molar-refractivity contribution is 0.898. The first kappa shape index (κ1) is 33.6. The lowest BCUT2D eigenvalue weighted by atomic mass is 9.81. The lowest BCUT2D eigenvalue weighted by Crippen LogP contribution is -1.99. The second-order valence-electron chi connectivity index (χ2n) is 11.4. The van der Waals surface area contributed by atoms with E-state index in [0.29, 0.717) is 0 Å². The molecule has 0 fully saturated rings. The molecule has 0 radical (unpaired) electrons. The Morgan fingerprint density at radius 3 is 1.91 bits per heavy atom. The molecule has 228 valence electrons.